The van der Waals surface area contributed by atoms with Crippen molar-refractivity contribution in [2.24, 2.45) is 0 Å². The zero-order valence-corrected chi connectivity index (χ0v) is 16.6. The molecular weight excluding hydrogens is 360 g/mol. The molecule has 1 aliphatic rings. The summed E-state index contributed by atoms with van der Waals surface area (Å²) in [6, 6.07) is 17.3. The second-order valence-corrected chi connectivity index (χ2v) is 8.63. The number of sulfonamides is 1. The Kier molecular flexibility index (Phi) is 7.01. The molecule has 5 nitrogen and oxygen atoms in total. The van der Waals surface area contributed by atoms with Gasteiger partial charge in [-0.15, -0.1) is 0 Å². The van der Waals surface area contributed by atoms with Gasteiger partial charge < -0.3 is 4.74 Å². The van der Waals surface area contributed by atoms with Crippen molar-refractivity contribution in [2.45, 2.75) is 30.8 Å². The molecule has 0 aliphatic carbocycles. The number of hydrogen-bond donors (Lipinski definition) is 1. The summed E-state index contributed by atoms with van der Waals surface area (Å²) in [4.78, 5) is 2.57. The maximum absolute atomic E-state index is 12.5. The highest BCUT2D eigenvalue weighted by Crippen LogP contribution is 2.21. The Morgan fingerprint density at radius 3 is 2.56 bits per heavy atom. The van der Waals surface area contributed by atoms with E-state index in [1.807, 2.05) is 30.3 Å². The van der Waals surface area contributed by atoms with Crippen molar-refractivity contribution in [3.05, 3.63) is 65.7 Å². The topological polar surface area (TPSA) is 58.6 Å². The van der Waals surface area contributed by atoms with Gasteiger partial charge in [0.25, 0.3) is 0 Å². The summed E-state index contributed by atoms with van der Waals surface area (Å²) in [6.07, 6.45) is 2.06. The van der Waals surface area contributed by atoms with Crippen molar-refractivity contribution in [3.63, 3.8) is 0 Å². The van der Waals surface area contributed by atoms with Gasteiger partial charge in [-0.25, -0.2) is 13.1 Å². The van der Waals surface area contributed by atoms with E-state index in [-0.39, 0.29) is 6.10 Å². The van der Waals surface area contributed by atoms with E-state index in [2.05, 4.69) is 28.7 Å². The minimum absolute atomic E-state index is 0.0441. The van der Waals surface area contributed by atoms with Crippen LogP contribution in [0.2, 0.25) is 0 Å². The molecule has 6 heteroatoms. The first-order valence-corrected chi connectivity index (χ1v) is 11.0. The quantitative estimate of drug-likeness (QED) is 0.755. The molecule has 1 atom stereocenters. The highest BCUT2D eigenvalue weighted by atomic mass is 32.2. The van der Waals surface area contributed by atoms with Crippen molar-refractivity contribution in [3.8, 4) is 0 Å². The molecule has 0 saturated carbocycles. The lowest BCUT2D eigenvalue weighted by atomic mass is 10.1. The van der Waals surface area contributed by atoms with Crippen LogP contribution in [0, 0.1) is 0 Å². The number of nitrogens with one attached hydrogen (secondary N) is 1. The van der Waals surface area contributed by atoms with Crippen molar-refractivity contribution < 1.29 is 13.2 Å². The van der Waals surface area contributed by atoms with E-state index in [1.54, 1.807) is 12.1 Å². The molecule has 1 aliphatic heterocycles. The van der Waals surface area contributed by atoms with Gasteiger partial charge in [0, 0.05) is 26.2 Å². The van der Waals surface area contributed by atoms with Crippen LogP contribution in [0.5, 0.6) is 0 Å². The fraction of sp³-hybridized carbons (Fsp3) is 0.429. The Bertz CT molecular complexity index is 807. The highest BCUT2D eigenvalue weighted by molar-refractivity contribution is 7.89. The summed E-state index contributed by atoms with van der Waals surface area (Å²) in [5.74, 6) is 0. The molecule has 1 heterocycles. The van der Waals surface area contributed by atoms with Gasteiger partial charge in [0.1, 0.15) is 0 Å². The first kappa shape index (κ1) is 20.0. The third-order valence-corrected chi connectivity index (χ3v) is 6.29. The number of benzene rings is 2. The minimum Gasteiger partial charge on any atom is -0.371 e. The van der Waals surface area contributed by atoms with E-state index in [1.165, 1.54) is 0 Å². The zero-order valence-electron chi connectivity index (χ0n) is 15.8. The minimum atomic E-state index is -3.47. The van der Waals surface area contributed by atoms with Gasteiger partial charge in [-0.3, -0.25) is 4.90 Å². The van der Waals surface area contributed by atoms with Gasteiger partial charge >= 0.3 is 0 Å². The second kappa shape index (κ2) is 9.46. The first-order valence-electron chi connectivity index (χ1n) is 9.56. The van der Waals surface area contributed by atoms with Gasteiger partial charge in [0.05, 0.1) is 17.6 Å². The van der Waals surface area contributed by atoms with Crippen LogP contribution in [-0.4, -0.2) is 46.1 Å². The van der Waals surface area contributed by atoms with Crippen molar-refractivity contribution in [2.75, 3.05) is 32.8 Å². The highest BCUT2D eigenvalue weighted by Gasteiger charge is 2.22. The van der Waals surface area contributed by atoms with Crippen LogP contribution >= 0.6 is 0 Å². The van der Waals surface area contributed by atoms with Crippen molar-refractivity contribution in [1.29, 1.82) is 0 Å². The van der Waals surface area contributed by atoms with Crippen LogP contribution < -0.4 is 4.72 Å². The van der Waals surface area contributed by atoms with Crippen LogP contribution in [-0.2, 0) is 21.2 Å². The van der Waals surface area contributed by atoms with E-state index in [0.29, 0.717) is 24.6 Å². The average Bonchev–Trinajstić information content (AvgIpc) is 2.69. The molecule has 1 fully saturated rings. The van der Waals surface area contributed by atoms with Crippen molar-refractivity contribution >= 4 is 10.0 Å². The summed E-state index contributed by atoms with van der Waals surface area (Å²) < 4.78 is 33.5. The number of hydrogen-bond acceptors (Lipinski definition) is 4. The Morgan fingerprint density at radius 2 is 1.85 bits per heavy atom. The Labute approximate surface area is 162 Å². The smallest absolute Gasteiger partial charge is 0.240 e. The number of rotatable bonds is 8. The molecule has 2 aromatic rings. The lowest BCUT2D eigenvalue weighted by molar-refractivity contribution is -0.0291. The van der Waals surface area contributed by atoms with Crippen LogP contribution in [0.4, 0.5) is 0 Å². The molecule has 3 rings (SSSR count). The molecular formula is C21H28N2O3S. The maximum Gasteiger partial charge on any atom is 0.240 e. The Hall–Kier alpha value is -1.73. The number of aryl methyl sites for hydroxylation is 1. The van der Waals surface area contributed by atoms with E-state index < -0.39 is 10.0 Å². The molecule has 0 bridgehead atoms. The summed E-state index contributed by atoms with van der Waals surface area (Å²) in [6.45, 7) is 5.42. The van der Waals surface area contributed by atoms with E-state index >= 15 is 0 Å². The normalized spacial score (nSPS) is 18.5. The molecule has 1 saturated heterocycles. The van der Waals surface area contributed by atoms with E-state index in [9.17, 15) is 8.42 Å². The SMILES string of the molecule is CCCc1ccc(S(=O)(=O)NCCN2CCO[C@@H](c3ccccc3)C2)cc1. The van der Waals surface area contributed by atoms with E-state index in [0.717, 1.165) is 37.1 Å². The number of ether oxygens (including phenoxy) is 1. The fourth-order valence-corrected chi connectivity index (χ4v) is 4.34. The average molecular weight is 389 g/mol. The second-order valence-electron chi connectivity index (χ2n) is 6.86. The lowest BCUT2D eigenvalue weighted by Gasteiger charge is -2.33. The van der Waals surface area contributed by atoms with Gasteiger partial charge in [-0.2, -0.15) is 0 Å². The predicted molar refractivity (Wildman–Crippen MR) is 107 cm³/mol. The van der Waals surface area contributed by atoms with Gasteiger partial charge in [0.15, 0.2) is 0 Å². The van der Waals surface area contributed by atoms with E-state index in [4.69, 9.17) is 4.74 Å². The molecule has 0 spiro atoms. The van der Waals surface area contributed by atoms with Gasteiger partial charge in [-0.05, 0) is 29.7 Å². The van der Waals surface area contributed by atoms with Gasteiger partial charge in [-0.1, -0.05) is 55.8 Å². The lowest BCUT2D eigenvalue weighted by Crippen LogP contribution is -2.42. The summed E-state index contributed by atoms with van der Waals surface area (Å²) in [5, 5.41) is 0. The largest absolute Gasteiger partial charge is 0.371 e. The first-order chi connectivity index (χ1) is 13.1. The zero-order chi connectivity index (χ0) is 19.1. The molecule has 0 amide bonds. The third-order valence-electron chi connectivity index (χ3n) is 4.81. The van der Waals surface area contributed by atoms with Gasteiger partial charge in [0.2, 0.25) is 10.0 Å². The molecule has 0 aromatic heterocycles. The number of morpholine rings is 1. The molecule has 1 N–H and O–H groups in total. The Morgan fingerprint density at radius 1 is 1.11 bits per heavy atom. The Balaban J connectivity index is 1.51. The van der Waals surface area contributed by atoms with Crippen molar-refractivity contribution in [1.82, 2.24) is 9.62 Å². The van der Waals surface area contributed by atoms with Crippen LogP contribution in [0.15, 0.2) is 59.5 Å². The molecule has 27 heavy (non-hydrogen) atoms. The van der Waals surface area contributed by atoms with Crippen LogP contribution in [0.3, 0.4) is 0 Å². The summed E-state index contributed by atoms with van der Waals surface area (Å²) in [5.41, 5.74) is 2.33. The monoisotopic (exact) mass is 388 g/mol. The summed E-state index contributed by atoms with van der Waals surface area (Å²) >= 11 is 0. The maximum atomic E-state index is 12.5. The molecule has 0 unspecified atom stereocenters. The van der Waals surface area contributed by atoms with Crippen LogP contribution in [0.1, 0.15) is 30.6 Å². The molecule has 2 aromatic carbocycles. The number of nitrogens with zero attached hydrogens (tertiary/aromatic N) is 1. The predicted octanol–water partition coefficient (Wildman–Crippen LogP) is 2.99. The molecule has 146 valence electrons. The molecule has 0 radical (unpaired) electrons. The fourth-order valence-electron chi connectivity index (χ4n) is 3.32. The summed E-state index contributed by atoms with van der Waals surface area (Å²) in [7, 11) is -3.47. The van der Waals surface area contributed by atoms with Crippen LogP contribution in [0.25, 0.3) is 0 Å². The third kappa shape index (κ3) is 5.62. The standard InChI is InChI=1S/C21H28N2O3S/c1-2-6-18-9-11-20(12-10-18)27(24,25)22-13-14-23-15-16-26-21(17-23)19-7-4-3-5-8-19/h3-5,7-12,21-22H,2,6,13-17H2,1H3/t21-/m1/s1.